The molecule has 1 aromatic carbocycles. The lowest BCUT2D eigenvalue weighted by Crippen LogP contribution is -2.37. The molecule has 1 aromatic heterocycles. The molecule has 0 saturated carbocycles. The van der Waals surface area contributed by atoms with Gasteiger partial charge in [-0.15, -0.1) is 0 Å². The van der Waals surface area contributed by atoms with Crippen LogP contribution in [0, 0.1) is 18.7 Å². The Balaban J connectivity index is 1.43. The molecule has 25 heavy (non-hydrogen) atoms. The average molecular weight is 344 g/mol. The summed E-state index contributed by atoms with van der Waals surface area (Å²) in [5.74, 6) is 0.351. The van der Waals surface area contributed by atoms with Crippen LogP contribution in [0.15, 0.2) is 24.3 Å². The third-order valence-electron chi connectivity index (χ3n) is 5.25. The maximum atomic E-state index is 13.7. The van der Waals surface area contributed by atoms with Crippen LogP contribution >= 0.6 is 0 Å². The fourth-order valence-corrected chi connectivity index (χ4v) is 3.82. The molecule has 2 aliphatic rings. The molecule has 3 heterocycles. The van der Waals surface area contributed by atoms with E-state index in [0.29, 0.717) is 12.0 Å². The molecule has 0 amide bonds. The van der Waals surface area contributed by atoms with Crippen molar-refractivity contribution in [3.63, 3.8) is 0 Å². The van der Waals surface area contributed by atoms with Gasteiger partial charge in [-0.2, -0.15) is 0 Å². The molecule has 2 fully saturated rings. The Morgan fingerprint density at radius 3 is 2.84 bits per heavy atom. The first-order valence-corrected chi connectivity index (χ1v) is 9.20. The number of aryl methyl sites for hydroxylation is 1. The molecular formula is C20H25FN2O2. The number of anilines is 1. The van der Waals surface area contributed by atoms with E-state index < -0.39 is 0 Å². The molecule has 134 valence electrons. The predicted octanol–water partition coefficient (Wildman–Crippen LogP) is 3.70. The van der Waals surface area contributed by atoms with Gasteiger partial charge in [0.05, 0.1) is 24.8 Å². The Labute approximate surface area is 147 Å². The highest BCUT2D eigenvalue weighted by Gasteiger charge is 2.24. The lowest BCUT2D eigenvalue weighted by Gasteiger charge is -2.34. The Bertz CT molecular complexity index is 738. The van der Waals surface area contributed by atoms with Crippen molar-refractivity contribution >= 4 is 16.6 Å². The van der Waals surface area contributed by atoms with Crippen molar-refractivity contribution in [1.29, 1.82) is 0 Å². The van der Waals surface area contributed by atoms with Gasteiger partial charge in [0.2, 0.25) is 0 Å². The first kappa shape index (κ1) is 16.7. The highest BCUT2D eigenvalue weighted by molar-refractivity contribution is 5.92. The Hall–Kier alpha value is -1.72. The maximum Gasteiger partial charge on any atom is 0.124 e. The zero-order valence-corrected chi connectivity index (χ0v) is 14.7. The summed E-state index contributed by atoms with van der Waals surface area (Å²) in [6, 6.07) is 6.91. The van der Waals surface area contributed by atoms with E-state index in [1.165, 1.54) is 6.07 Å². The Kier molecular flexibility index (Phi) is 4.86. The van der Waals surface area contributed by atoms with Crippen molar-refractivity contribution in [3.05, 3.63) is 35.8 Å². The molecule has 4 nitrogen and oxygen atoms in total. The summed E-state index contributed by atoms with van der Waals surface area (Å²) in [5.41, 5.74) is 2.91. The van der Waals surface area contributed by atoms with Crippen LogP contribution in [-0.2, 0) is 9.47 Å². The van der Waals surface area contributed by atoms with Gasteiger partial charge in [-0.25, -0.2) is 4.39 Å². The molecule has 0 N–H and O–H groups in total. The molecule has 2 aliphatic heterocycles. The van der Waals surface area contributed by atoms with Gasteiger partial charge in [-0.05, 0) is 50.5 Å². The number of benzene rings is 1. The number of hydrogen-bond donors (Lipinski definition) is 0. The molecule has 0 radical (unpaired) electrons. The minimum absolute atomic E-state index is 0.212. The fraction of sp³-hybridized carbons (Fsp3) is 0.550. The Morgan fingerprint density at radius 1 is 1.24 bits per heavy atom. The van der Waals surface area contributed by atoms with Gasteiger partial charge >= 0.3 is 0 Å². The van der Waals surface area contributed by atoms with Crippen molar-refractivity contribution in [2.24, 2.45) is 5.92 Å². The number of nitrogens with zero attached hydrogens (tertiary/aromatic N) is 2. The van der Waals surface area contributed by atoms with E-state index in [1.807, 2.05) is 6.92 Å². The van der Waals surface area contributed by atoms with Crippen LogP contribution in [0.25, 0.3) is 10.9 Å². The molecule has 0 bridgehead atoms. The van der Waals surface area contributed by atoms with E-state index in [2.05, 4.69) is 16.0 Å². The van der Waals surface area contributed by atoms with E-state index >= 15 is 0 Å². The van der Waals surface area contributed by atoms with Gasteiger partial charge in [0.25, 0.3) is 0 Å². The van der Waals surface area contributed by atoms with Crippen molar-refractivity contribution in [3.8, 4) is 0 Å². The van der Waals surface area contributed by atoms with Gasteiger partial charge in [0, 0.05) is 42.4 Å². The number of rotatable bonds is 4. The number of ether oxygens (including phenoxy) is 2. The molecule has 0 aliphatic carbocycles. The van der Waals surface area contributed by atoms with E-state index in [-0.39, 0.29) is 5.82 Å². The van der Waals surface area contributed by atoms with Crippen molar-refractivity contribution in [2.45, 2.75) is 32.3 Å². The van der Waals surface area contributed by atoms with Crippen molar-refractivity contribution < 1.29 is 13.9 Å². The van der Waals surface area contributed by atoms with Gasteiger partial charge in [-0.3, -0.25) is 4.98 Å². The largest absolute Gasteiger partial charge is 0.381 e. The molecule has 5 heteroatoms. The lowest BCUT2D eigenvalue weighted by molar-refractivity contribution is 0.0132. The number of piperidine rings is 1. The second kappa shape index (κ2) is 7.26. The van der Waals surface area contributed by atoms with Crippen LogP contribution in [0.5, 0.6) is 0 Å². The number of pyridine rings is 1. The van der Waals surface area contributed by atoms with Crippen LogP contribution in [-0.4, -0.2) is 44.0 Å². The first-order chi connectivity index (χ1) is 12.2. The highest BCUT2D eigenvalue weighted by atomic mass is 19.1. The van der Waals surface area contributed by atoms with Crippen LogP contribution in [0.4, 0.5) is 10.1 Å². The summed E-state index contributed by atoms with van der Waals surface area (Å²) in [6.45, 7) is 6.38. The topological polar surface area (TPSA) is 34.6 Å². The summed E-state index contributed by atoms with van der Waals surface area (Å²) in [6.07, 6.45) is 3.45. The average Bonchev–Trinajstić information content (AvgIpc) is 3.14. The summed E-state index contributed by atoms with van der Waals surface area (Å²) >= 11 is 0. The molecule has 0 spiro atoms. The monoisotopic (exact) mass is 344 g/mol. The van der Waals surface area contributed by atoms with Crippen molar-refractivity contribution in [1.82, 2.24) is 4.98 Å². The molecular weight excluding hydrogens is 319 g/mol. The molecule has 1 unspecified atom stereocenters. The van der Waals surface area contributed by atoms with Gasteiger partial charge in [-0.1, -0.05) is 0 Å². The maximum absolute atomic E-state index is 13.7. The quantitative estimate of drug-likeness (QED) is 0.847. The van der Waals surface area contributed by atoms with Crippen molar-refractivity contribution in [2.75, 3.05) is 37.8 Å². The number of aromatic nitrogens is 1. The van der Waals surface area contributed by atoms with Crippen LogP contribution in [0.3, 0.4) is 0 Å². The predicted molar refractivity (Wildman–Crippen MR) is 96.6 cm³/mol. The normalized spacial score (nSPS) is 22.0. The van der Waals surface area contributed by atoms with Crippen LogP contribution in [0.1, 0.15) is 25.0 Å². The molecule has 2 saturated heterocycles. The lowest BCUT2D eigenvalue weighted by atomic mass is 10.0. The molecule has 2 aromatic rings. The third-order valence-corrected chi connectivity index (χ3v) is 5.25. The number of fused-ring (bicyclic) bond motifs is 1. The SMILES string of the molecule is Cc1cc(N2CCC(OCC3CCOC3)CC2)c2cc(F)ccc2n1. The summed E-state index contributed by atoms with van der Waals surface area (Å²) in [4.78, 5) is 6.87. The van der Waals surface area contributed by atoms with Gasteiger partial charge in [0.15, 0.2) is 0 Å². The minimum Gasteiger partial charge on any atom is -0.381 e. The second-order valence-corrected chi connectivity index (χ2v) is 7.19. The van der Waals surface area contributed by atoms with E-state index in [9.17, 15) is 4.39 Å². The highest BCUT2D eigenvalue weighted by Crippen LogP contribution is 2.30. The first-order valence-electron chi connectivity index (χ1n) is 9.20. The smallest absolute Gasteiger partial charge is 0.124 e. The summed E-state index contributed by atoms with van der Waals surface area (Å²) < 4.78 is 25.2. The minimum atomic E-state index is -0.212. The zero-order chi connectivity index (χ0) is 17.2. The van der Waals surface area contributed by atoms with E-state index in [1.54, 1.807) is 12.1 Å². The van der Waals surface area contributed by atoms with Gasteiger partial charge < -0.3 is 14.4 Å². The Morgan fingerprint density at radius 2 is 2.08 bits per heavy atom. The van der Waals surface area contributed by atoms with Crippen LogP contribution in [0.2, 0.25) is 0 Å². The standard InChI is InChI=1S/C20H25FN2O2/c1-14-10-20(18-11-16(21)2-3-19(18)22-14)23-7-4-17(5-8-23)25-13-15-6-9-24-12-15/h2-3,10-11,15,17H,4-9,12-13H2,1H3. The fourth-order valence-electron chi connectivity index (χ4n) is 3.82. The molecule has 4 rings (SSSR count). The van der Waals surface area contributed by atoms with Gasteiger partial charge in [0.1, 0.15) is 5.82 Å². The third kappa shape index (κ3) is 3.77. The summed E-state index contributed by atoms with van der Waals surface area (Å²) in [7, 11) is 0. The molecule has 1 atom stereocenters. The second-order valence-electron chi connectivity index (χ2n) is 7.19. The van der Waals surface area contributed by atoms with Crippen LogP contribution < -0.4 is 4.90 Å². The summed E-state index contributed by atoms with van der Waals surface area (Å²) in [5, 5.41) is 0.896. The van der Waals surface area contributed by atoms with E-state index in [0.717, 1.165) is 74.5 Å². The number of halogens is 1. The number of hydrogen-bond acceptors (Lipinski definition) is 4. The van der Waals surface area contributed by atoms with E-state index in [4.69, 9.17) is 9.47 Å². The zero-order valence-electron chi connectivity index (χ0n) is 14.7.